The summed E-state index contributed by atoms with van der Waals surface area (Å²) in [6, 6.07) is 3.60. The summed E-state index contributed by atoms with van der Waals surface area (Å²) < 4.78 is 16.6. The number of esters is 1. The number of ether oxygens (including phenoxy) is 3. The zero-order chi connectivity index (χ0) is 19.7. The van der Waals surface area contributed by atoms with Crippen molar-refractivity contribution in [2.45, 2.75) is 25.7 Å². The van der Waals surface area contributed by atoms with Crippen LogP contribution in [0.3, 0.4) is 0 Å². The van der Waals surface area contributed by atoms with Crippen LogP contribution in [0.5, 0.6) is 11.5 Å². The molecule has 0 saturated carbocycles. The van der Waals surface area contributed by atoms with Gasteiger partial charge in [-0.2, -0.15) is 0 Å². The van der Waals surface area contributed by atoms with Crippen LogP contribution < -0.4 is 14.8 Å². The second-order valence-electron chi connectivity index (χ2n) is 6.50. The fourth-order valence-electron chi connectivity index (χ4n) is 3.84. The number of hydrogen-bond donors (Lipinski definition) is 1. The number of hydrogen-bond acceptors (Lipinski definition) is 6. The molecule has 27 heavy (non-hydrogen) atoms. The average Bonchev–Trinajstić information content (AvgIpc) is 2.66. The second kappa shape index (κ2) is 7.76. The van der Waals surface area contributed by atoms with Gasteiger partial charge in [0.05, 0.1) is 32.8 Å². The van der Waals surface area contributed by atoms with Gasteiger partial charge in [-0.15, -0.1) is 0 Å². The van der Waals surface area contributed by atoms with Crippen LogP contribution in [0, 0.1) is 5.92 Å². The maximum Gasteiger partial charge on any atom is 0.336 e. The first kappa shape index (κ1) is 19.5. The fraction of sp³-hybridized carbons (Fsp3) is 0.400. The molecule has 0 bridgehead atoms. The SMILES string of the molecule is COC(=O)C1=C(C)NC2=CCCC(=O)C2C1c1cc(OC)c(OC)cc1Br. The summed E-state index contributed by atoms with van der Waals surface area (Å²) in [4.78, 5) is 25.4. The standard InChI is InChI=1S/C20H22BrNO5/c1-10-17(20(24)27-4)18(19-13(22-10)6-5-7-14(19)23)11-8-15(25-2)16(26-3)9-12(11)21/h6,8-9,18-19,22H,5,7H2,1-4H3. The lowest BCUT2D eigenvalue weighted by atomic mass is 9.71. The van der Waals surface area contributed by atoms with E-state index in [4.69, 9.17) is 14.2 Å². The zero-order valence-electron chi connectivity index (χ0n) is 15.7. The molecule has 1 aromatic carbocycles. The summed E-state index contributed by atoms with van der Waals surface area (Å²) in [5, 5.41) is 3.23. The lowest BCUT2D eigenvalue weighted by molar-refractivity contribution is -0.136. The molecule has 0 saturated heterocycles. The number of halogens is 1. The quantitative estimate of drug-likeness (QED) is 0.729. The summed E-state index contributed by atoms with van der Waals surface area (Å²) in [6.45, 7) is 1.82. The van der Waals surface area contributed by atoms with Crippen LogP contribution in [0.1, 0.15) is 31.2 Å². The first-order valence-corrected chi connectivity index (χ1v) is 9.42. The minimum atomic E-state index is -0.480. The van der Waals surface area contributed by atoms with Crippen molar-refractivity contribution < 1.29 is 23.8 Å². The zero-order valence-corrected chi connectivity index (χ0v) is 17.3. The number of fused-ring (bicyclic) bond motifs is 1. The van der Waals surface area contributed by atoms with Crippen molar-refractivity contribution in [2.24, 2.45) is 5.92 Å². The van der Waals surface area contributed by atoms with Gasteiger partial charge in [-0.3, -0.25) is 4.79 Å². The van der Waals surface area contributed by atoms with Crippen LogP contribution in [0.15, 0.2) is 39.6 Å². The van der Waals surface area contributed by atoms with Crippen molar-refractivity contribution in [3.8, 4) is 11.5 Å². The molecule has 144 valence electrons. The van der Waals surface area contributed by atoms with E-state index in [0.29, 0.717) is 35.6 Å². The third kappa shape index (κ3) is 3.36. The van der Waals surface area contributed by atoms with Gasteiger partial charge >= 0.3 is 5.97 Å². The van der Waals surface area contributed by atoms with Gasteiger partial charge in [0.25, 0.3) is 0 Å². The van der Waals surface area contributed by atoms with E-state index < -0.39 is 17.8 Å². The molecule has 0 radical (unpaired) electrons. The lowest BCUT2D eigenvalue weighted by Crippen LogP contribution is -2.40. The Labute approximate surface area is 166 Å². The first-order chi connectivity index (χ1) is 12.9. The predicted molar refractivity (Wildman–Crippen MR) is 104 cm³/mol. The Bertz CT molecular complexity index is 858. The van der Waals surface area contributed by atoms with Gasteiger partial charge in [-0.1, -0.05) is 22.0 Å². The molecule has 2 aliphatic rings. The van der Waals surface area contributed by atoms with E-state index in [9.17, 15) is 9.59 Å². The summed E-state index contributed by atoms with van der Waals surface area (Å²) in [6.07, 6.45) is 3.17. The van der Waals surface area contributed by atoms with E-state index in [1.807, 2.05) is 19.1 Å². The van der Waals surface area contributed by atoms with Crippen LogP contribution in [0.4, 0.5) is 0 Å². The van der Waals surface area contributed by atoms with Gasteiger partial charge in [0.15, 0.2) is 11.5 Å². The van der Waals surface area contributed by atoms with E-state index in [2.05, 4.69) is 21.2 Å². The third-order valence-corrected chi connectivity index (χ3v) is 5.75. The molecule has 0 fully saturated rings. The number of rotatable bonds is 4. The predicted octanol–water partition coefficient (Wildman–Crippen LogP) is 3.46. The minimum absolute atomic E-state index is 0.0978. The fourth-order valence-corrected chi connectivity index (χ4v) is 4.41. The van der Waals surface area contributed by atoms with Crippen molar-refractivity contribution >= 4 is 27.7 Å². The van der Waals surface area contributed by atoms with Gasteiger partial charge in [0.2, 0.25) is 0 Å². The average molecular weight is 436 g/mol. The number of nitrogens with one attached hydrogen (secondary N) is 1. The third-order valence-electron chi connectivity index (χ3n) is 5.06. The second-order valence-corrected chi connectivity index (χ2v) is 7.36. The maximum absolute atomic E-state index is 12.8. The topological polar surface area (TPSA) is 73.9 Å². The number of allylic oxidation sites excluding steroid dienone is 3. The number of carbonyl (C=O) groups excluding carboxylic acids is 2. The molecule has 7 heteroatoms. The maximum atomic E-state index is 12.8. The largest absolute Gasteiger partial charge is 0.493 e. The number of carbonyl (C=O) groups is 2. The molecule has 3 rings (SSSR count). The molecule has 0 aromatic heterocycles. The summed E-state index contributed by atoms with van der Waals surface area (Å²) >= 11 is 3.58. The Hall–Kier alpha value is -2.28. The Morgan fingerprint density at radius 1 is 1.15 bits per heavy atom. The highest BCUT2D eigenvalue weighted by Crippen LogP contribution is 2.48. The molecule has 0 spiro atoms. The van der Waals surface area contributed by atoms with Gasteiger partial charge in [-0.25, -0.2) is 4.79 Å². The Balaban J connectivity index is 2.26. The van der Waals surface area contributed by atoms with E-state index in [0.717, 1.165) is 15.7 Å². The minimum Gasteiger partial charge on any atom is -0.493 e. The normalized spacial score (nSPS) is 21.8. The molecule has 0 amide bonds. The highest BCUT2D eigenvalue weighted by atomic mass is 79.9. The molecule has 1 heterocycles. The van der Waals surface area contributed by atoms with Crippen LogP contribution >= 0.6 is 15.9 Å². The Kier molecular flexibility index (Phi) is 5.60. The van der Waals surface area contributed by atoms with Crippen molar-refractivity contribution in [3.63, 3.8) is 0 Å². The van der Waals surface area contributed by atoms with E-state index >= 15 is 0 Å². The molecule has 1 N–H and O–H groups in total. The molecular weight excluding hydrogens is 414 g/mol. The highest BCUT2D eigenvalue weighted by Gasteiger charge is 2.44. The summed E-state index contributed by atoms with van der Waals surface area (Å²) in [7, 11) is 4.46. The molecule has 2 unspecified atom stereocenters. The van der Waals surface area contributed by atoms with E-state index in [-0.39, 0.29) is 5.78 Å². The van der Waals surface area contributed by atoms with Crippen LogP contribution in [-0.2, 0) is 14.3 Å². The number of methoxy groups -OCH3 is 3. The van der Waals surface area contributed by atoms with Gasteiger partial charge in [-0.05, 0) is 31.0 Å². The van der Waals surface area contributed by atoms with Crippen LogP contribution in [0.2, 0.25) is 0 Å². The van der Waals surface area contributed by atoms with Crippen LogP contribution in [-0.4, -0.2) is 33.1 Å². The van der Waals surface area contributed by atoms with Crippen molar-refractivity contribution in [3.05, 3.63) is 45.2 Å². The van der Waals surface area contributed by atoms with Crippen molar-refractivity contribution in [2.75, 3.05) is 21.3 Å². The molecule has 6 nitrogen and oxygen atoms in total. The monoisotopic (exact) mass is 435 g/mol. The molecule has 1 aromatic rings. The number of ketones is 1. The van der Waals surface area contributed by atoms with Crippen molar-refractivity contribution in [1.29, 1.82) is 0 Å². The summed E-state index contributed by atoms with van der Waals surface area (Å²) in [5.74, 6) is -0.208. The number of benzene rings is 1. The summed E-state index contributed by atoms with van der Waals surface area (Å²) in [5.41, 5.74) is 2.75. The Morgan fingerprint density at radius 2 is 1.81 bits per heavy atom. The lowest BCUT2D eigenvalue weighted by Gasteiger charge is -2.38. The van der Waals surface area contributed by atoms with Gasteiger partial charge in [0.1, 0.15) is 5.78 Å². The van der Waals surface area contributed by atoms with E-state index in [1.54, 1.807) is 20.3 Å². The van der Waals surface area contributed by atoms with Gasteiger partial charge in [0, 0.05) is 28.2 Å². The molecule has 1 aliphatic heterocycles. The van der Waals surface area contributed by atoms with Crippen molar-refractivity contribution in [1.82, 2.24) is 5.32 Å². The van der Waals surface area contributed by atoms with Gasteiger partial charge < -0.3 is 19.5 Å². The van der Waals surface area contributed by atoms with E-state index in [1.165, 1.54) is 7.11 Å². The smallest absolute Gasteiger partial charge is 0.336 e. The molecule has 2 atom stereocenters. The molecular formula is C20H22BrNO5. The molecule has 1 aliphatic carbocycles. The first-order valence-electron chi connectivity index (χ1n) is 8.63. The number of Topliss-reactive ketones (excluding diaryl/α,β-unsaturated/α-hetero) is 1. The van der Waals surface area contributed by atoms with Crippen LogP contribution in [0.25, 0.3) is 0 Å². The Morgan fingerprint density at radius 3 is 2.44 bits per heavy atom. The highest BCUT2D eigenvalue weighted by molar-refractivity contribution is 9.10.